The molecule has 1 saturated carbocycles. The van der Waals surface area contributed by atoms with Gasteiger partial charge in [0.2, 0.25) is 0 Å². The highest BCUT2D eigenvalue weighted by Gasteiger charge is 2.25. The number of rotatable bonds is 4. The van der Waals surface area contributed by atoms with Gasteiger partial charge in [-0.25, -0.2) is 4.98 Å². The summed E-state index contributed by atoms with van der Waals surface area (Å²) in [7, 11) is 0. The van der Waals surface area contributed by atoms with Gasteiger partial charge >= 0.3 is 0 Å². The lowest BCUT2D eigenvalue weighted by molar-refractivity contribution is 0.308. The molecule has 0 radical (unpaired) electrons. The Bertz CT molecular complexity index is 318. The zero-order chi connectivity index (χ0) is 10.7. The molecule has 3 nitrogen and oxygen atoms in total. The maximum absolute atomic E-state index is 4.49. The first kappa shape index (κ1) is 10.3. The third-order valence-electron chi connectivity index (χ3n) is 2.83. The van der Waals surface area contributed by atoms with Crippen molar-refractivity contribution < 1.29 is 0 Å². The molecule has 0 aliphatic heterocycles. The van der Waals surface area contributed by atoms with Crippen molar-refractivity contribution >= 4 is 11.6 Å². The third-order valence-corrected chi connectivity index (χ3v) is 2.83. The summed E-state index contributed by atoms with van der Waals surface area (Å²) < 4.78 is 0. The van der Waals surface area contributed by atoms with E-state index >= 15 is 0 Å². The van der Waals surface area contributed by atoms with Crippen LogP contribution in [0.3, 0.4) is 0 Å². The summed E-state index contributed by atoms with van der Waals surface area (Å²) in [5.41, 5.74) is 0. The minimum Gasteiger partial charge on any atom is -0.370 e. The van der Waals surface area contributed by atoms with Crippen LogP contribution in [0.4, 0.5) is 11.6 Å². The Morgan fingerprint density at radius 1 is 1.33 bits per heavy atom. The van der Waals surface area contributed by atoms with E-state index in [0.29, 0.717) is 6.04 Å². The molecule has 15 heavy (non-hydrogen) atoms. The van der Waals surface area contributed by atoms with Gasteiger partial charge in [0.05, 0.1) is 0 Å². The topological polar surface area (TPSA) is 37.0 Å². The van der Waals surface area contributed by atoms with E-state index in [9.17, 15) is 0 Å². The summed E-state index contributed by atoms with van der Waals surface area (Å²) in [6.07, 6.45) is 2.54. The molecular formula is C12H19N3. The number of hydrogen-bond acceptors (Lipinski definition) is 3. The molecule has 0 unspecified atom stereocenters. The molecule has 0 atom stereocenters. The van der Waals surface area contributed by atoms with Crippen molar-refractivity contribution in [1.82, 2.24) is 4.98 Å². The molecule has 0 amide bonds. The number of pyridine rings is 1. The van der Waals surface area contributed by atoms with Crippen molar-refractivity contribution in [2.75, 3.05) is 17.2 Å². The van der Waals surface area contributed by atoms with Crippen LogP contribution >= 0.6 is 0 Å². The lowest BCUT2D eigenvalue weighted by Gasteiger charge is -2.33. The van der Waals surface area contributed by atoms with Gasteiger partial charge < -0.3 is 10.6 Å². The molecule has 0 saturated heterocycles. The zero-order valence-electron chi connectivity index (χ0n) is 9.46. The number of hydrogen-bond donors (Lipinski definition) is 2. The van der Waals surface area contributed by atoms with Gasteiger partial charge in [-0.3, -0.25) is 0 Å². The van der Waals surface area contributed by atoms with Gasteiger partial charge in [-0.05, 0) is 37.8 Å². The quantitative estimate of drug-likeness (QED) is 0.793. The molecule has 3 heteroatoms. The molecule has 1 fully saturated rings. The van der Waals surface area contributed by atoms with Gasteiger partial charge in [0, 0.05) is 12.6 Å². The minimum atomic E-state index is 0.629. The Kier molecular flexibility index (Phi) is 3.09. The number of nitrogens with one attached hydrogen (secondary N) is 2. The molecule has 1 aliphatic rings. The highest BCUT2D eigenvalue weighted by Crippen LogP contribution is 2.29. The summed E-state index contributed by atoms with van der Waals surface area (Å²) >= 11 is 0. The summed E-state index contributed by atoms with van der Waals surface area (Å²) in [5.74, 6) is 2.82. The molecule has 2 N–H and O–H groups in total. The normalized spacial score (nSPS) is 24.4. The molecule has 1 aliphatic carbocycles. The van der Waals surface area contributed by atoms with Crippen LogP contribution in [0.5, 0.6) is 0 Å². The van der Waals surface area contributed by atoms with Crippen LogP contribution in [0.1, 0.15) is 26.7 Å². The van der Waals surface area contributed by atoms with Gasteiger partial charge in [0.15, 0.2) is 0 Å². The summed E-state index contributed by atoms with van der Waals surface area (Å²) in [6, 6.07) is 6.70. The molecule has 0 aromatic carbocycles. The van der Waals surface area contributed by atoms with E-state index in [1.54, 1.807) is 0 Å². The van der Waals surface area contributed by atoms with Crippen LogP contribution in [-0.4, -0.2) is 17.6 Å². The van der Waals surface area contributed by atoms with Crippen LogP contribution in [-0.2, 0) is 0 Å². The largest absolute Gasteiger partial charge is 0.370 e. The molecule has 1 aromatic heterocycles. The second kappa shape index (κ2) is 4.51. The second-order valence-electron chi connectivity index (χ2n) is 4.36. The fraction of sp³-hybridized carbons (Fsp3) is 0.583. The van der Waals surface area contributed by atoms with Crippen molar-refractivity contribution in [1.29, 1.82) is 0 Å². The van der Waals surface area contributed by atoms with Crippen LogP contribution in [0.25, 0.3) is 0 Å². The second-order valence-corrected chi connectivity index (χ2v) is 4.36. The first-order valence-corrected chi connectivity index (χ1v) is 5.75. The van der Waals surface area contributed by atoms with E-state index in [4.69, 9.17) is 0 Å². The van der Waals surface area contributed by atoms with E-state index < -0.39 is 0 Å². The van der Waals surface area contributed by atoms with Gasteiger partial charge in [-0.2, -0.15) is 0 Å². The van der Waals surface area contributed by atoms with Gasteiger partial charge in [0.25, 0.3) is 0 Å². The van der Waals surface area contributed by atoms with Crippen molar-refractivity contribution in [3.05, 3.63) is 18.2 Å². The number of anilines is 2. The maximum atomic E-state index is 4.49. The number of nitrogens with zero attached hydrogens (tertiary/aromatic N) is 1. The molecule has 0 spiro atoms. The van der Waals surface area contributed by atoms with E-state index in [2.05, 4.69) is 29.5 Å². The Labute approximate surface area is 91.3 Å². The fourth-order valence-electron chi connectivity index (χ4n) is 2.02. The van der Waals surface area contributed by atoms with Gasteiger partial charge in [0.1, 0.15) is 11.6 Å². The maximum Gasteiger partial charge on any atom is 0.128 e. The molecule has 2 rings (SSSR count). The minimum absolute atomic E-state index is 0.629. The Morgan fingerprint density at radius 2 is 2.07 bits per heavy atom. The Balaban J connectivity index is 1.93. The molecule has 0 bridgehead atoms. The predicted molar refractivity (Wildman–Crippen MR) is 64.2 cm³/mol. The predicted octanol–water partition coefficient (Wildman–Crippen LogP) is 2.72. The van der Waals surface area contributed by atoms with E-state index in [1.807, 2.05) is 18.2 Å². The highest BCUT2D eigenvalue weighted by molar-refractivity contribution is 5.45. The van der Waals surface area contributed by atoms with Gasteiger partial charge in [-0.15, -0.1) is 0 Å². The summed E-state index contributed by atoms with van der Waals surface area (Å²) in [6.45, 7) is 5.28. The van der Waals surface area contributed by atoms with Crippen LogP contribution in [0, 0.1) is 5.92 Å². The van der Waals surface area contributed by atoms with Crippen LogP contribution in [0.15, 0.2) is 18.2 Å². The van der Waals surface area contributed by atoms with Crippen LogP contribution < -0.4 is 10.6 Å². The smallest absolute Gasteiger partial charge is 0.128 e. The van der Waals surface area contributed by atoms with Gasteiger partial charge in [-0.1, -0.05) is 13.0 Å². The lowest BCUT2D eigenvalue weighted by atomic mass is 9.82. The Hall–Kier alpha value is -1.25. The van der Waals surface area contributed by atoms with E-state index in [-0.39, 0.29) is 0 Å². The van der Waals surface area contributed by atoms with Crippen molar-refractivity contribution in [2.45, 2.75) is 32.7 Å². The highest BCUT2D eigenvalue weighted by atomic mass is 15.1. The molecular weight excluding hydrogens is 186 g/mol. The van der Waals surface area contributed by atoms with E-state index in [1.165, 1.54) is 12.8 Å². The monoisotopic (exact) mass is 205 g/mol. The first-order valence-electron chi connectivity index (χ1n) is 5.75. The fourth-order valence-corrected chi connectivity index (χ4v) is 2.02. The molecule has 1 aromatic rings. The average Bonchev–Trinajstić information content (AvgIpc) is 2.17. The third kappa shape index (κ3) is 2.61. The summed E-state index contributed by atoms with van der Waals surface area (Å²) in [4.78, 5) is 4.49. The van der Waals surface area contributed by atoms with Crippen molar-refractivity contribution in [3.8, 4) is 0 Å². The van der Waals surface area contributed by atoms with Crippen molar-refractivity contribution in [2.24, 2.45) is 5.92 Å². The molecule has 82 valence electrons. The zero-order valence-corrected chi connectivity index (χ0v) is 9.46. The lowest BCUT2D eigenvalue weighted by Crippen LogP contribution is -2.34. The van der Waals surface area contributed by atoms with E-state index in [0.717, 1.165) is 24.1 Å². The van der Waals surface area contributed by atoms with Crippen molar-refractivity contribution in [3.63, 3.8) is 0 Å². The van der Waals surface area contributed by atoms with Crippen LogP contribution in [0.2, 0.25) is 0 Å². The molecule has 1 heterocycles. The number of aromatic nitrogens is 1. The standard InChI is InChI=1S/C12H19N3/c1-3-13-11-5-4-6-12(15-11)14-10-7-9(2)8-10/h4-6,9-10H,3,7-8H2,1-2H3,(H2,13,14,15). The summed E-state index contributed by atoms with van der Waals surface area (Å²) in [5, 5.41) is 6.67. The first-order chi connectivity index (χ1) is 7.28. The average molecular weight is 205 g/mol. The SMILES string of the molecule is CCNc1cccc(NC2CC(C)C2)n1. The Morgan fingerprint density at radius 3 is 2.73 bits per heavy atom.